The summed E-state index contributed by atoms with van der Waals surface area (Å²) in [6, 6.07) is 4.78. The number of hydrogen-bond acceptors (Lipinski definition) is 5. The lowest BCUT2D eigenvalue weighted by atomic mass is 10.3. The fourth-order valence-electron chi connectivity index (χ4n) is 1.39. The molecule has 0 saturated heterocycles. The molecule has 2 aromatic rings. The summed E-state index contributed by atoms with van der Waals surface area (Å²) in [5, 5.41) is 0.0502. The van der Waals surface area contributed by atoms with Gasteiger partial charge in [0.05, 0.1) is 5.69 Å². The van der Waals surface area contributed by atoms with Crippen LogP contribution in [-0.2, 0) is 10.0 Å². The Labute approximate surface area is 113 Å². The van der Waals surface area contributed by atoms with Gasteiger partial charge in [0.15, 0.2) is 0 Å². The summed E-state index contributed by atoms with van der Waals surface area (Å²) in [5.74, 6) is -1.03. The van der Waals surface area contributed by atoms with E-state index in [9.17, 15) is 12.8 Å². The van der Waals surface area contributed by atoms with Crippen LogP contribution in [0.15, 0.2) is 35.5 Å². The van der Waals surface area contributed by atoms with Crippen molar-refractivity contribution in [1.29, 1.82) is 0 Å². The van der Waals surface area contributed by atoms with E-state index >= 15 is 0 Å². The van der Waals surface area contributed by atoms with E-state index in [1.165, 1.54) is 18.2 Å². The highest BCUT2D eigenvalue weighted by Gasteiger charge is 2.22. The zero-order chi connectivity index (χ0) is 14.0. The summed E-state index contributed by atoms with van der Waals surface area (Å²) < 4.78 is 39.7. The zero-order valence-corrected chi connectivity index (χ0v) is 10.9. The van der Waals surface area contributed by atoms with Crippen molar-refractivity contribution in [3.05, 3.63) is 41.6 Å². The van der Waals surface area contributed by atoms with Crippen molar-refractivity contribution in [3.63, 3.8) is 0 Å². The molecule has 1 aromatic heterocycles. The van der Waals surface area contributed by atoms with Gasteiger partial charge in [0, 0.05) is 6.07 Å². The van der Waals surface area contributed by atoms with Gasteiger partial charge in [-0.15, -0.1) is 0 Å². The minimum atomic E-state index is -4.19. The smallest absolute Gasteiger partial charge is 0.268 e. The molecule has 2 rings (SSSR count). The van der Waals surface area contributed by atoms with Gasteiger partial charge in [-0.3, -0.25) is 4.72 Å². The van der Waals surface area contributed by atoms with Gasteiger partial charge >= 0.3 is 0 Å². The van der Waals surface area contributed by atoms with Gasteiger partial charge in [0.2, 0.25) is 0 Å². The lowest BCUT2D eigenvalue weighted by Crippen LogP contribution is -2.17. The van der Waals surface area contributed by atoms with Crippen LogP contribution in [0.3, 0.4) is 0 Å². The molecule has 0 amide bonds. The molecule has 0 atom stereocenters. The van der Waals surface area contributed by atoms with Crippen LogP contribution in [0.1, 0.15) is 0 Å². The number of benzene rings is 1. The molecular formula is C10H8ClFN4O2S. The summed E-state index contributed by atoms with van der Waals surface area (Å²) in [6.45, 7) is 0. The van der Waals surface area contributed by atoms with Crippen molar-refractivity contribution in [2.24, 2.45) is 0 Å². The number of sulfonamides is 1. The highest BCUT2D eigenvalue weighted by molar-refractivity contribution is 7.92. The normalized spacial score (nSPS) is 11.3. The summed E-state index contributed by atoms with van der Waals surface area (Å²) in [5.41, 5.74) is 5.27. The Balaban J connectivity index is 2.44. The molecule has 1 heterocycles. The van der Waals surface area contributed by atoms with Gasteiger partial charge in [-0.1, -0.05) is 17.7 Å². The molecule has 0 radical (unpaired) electrons. The van der Waals surface area contributed by atoms with E-state index in [1.54, 1.807) is 0 Å². The molecule has 1 aromatic carbocycles. The van der Waals surface area contributed by atoms with Crippen LogP contribution in [-0.4, -0.2) is 18.4 Å². The number of nitrogens with one attached hydrogen (secondary N) is 1. The monoisotopic (exact) mass is 302 g/mol. The number of nitrogens with two attached hydrogens (primary N) is 1. The average Bonchev–Trinajstić information content (AvgIpc) is 2.27. The SMILES string of the molecule is Nc1cccc(F)c1S(=O)(=O)Nc1cc(Cl)ncn1. The lowest BCUT2D eigenvalue weighted by Gasteiger charge is -2.10. The van der Waals surface area contributed by atoms with E-state index in [0.717, 1.165) is 12.4 Å². The molecule has 0 saturated carbocycles. The highest BCUT2D eigenvalue weighted by Crippen LogP contribution is 2.24. The summed E-state index contributed by atoms with van der Waals surface area (Å²) in [6.07, 6.45) is 1.07. The third-order valence-corrected chi connectivity index (χ3v) is 3.79. The standard InChI is InChI=1S/C10H8ClFN4O2S/c11-8-4-9(15-5-14-8)16-19(17,18)10-6(12)2-1-3-7(10)13/h1-5H,13H2,(H,14,15,16). The molecule has 6 nitrogen and oxygen atoms in total. The third-order valence-electron chi connectivity index (χ3n) is 2.14. The molecule has 0 aliphatic carbocycles. The Morgan fingerprint density at radius 1 is 1.32 bits per heavy atom. The Bertz CT molecular complexity index is 703. The summed E-state index contributed by atoms with van der Waals surface area (Å²) >= 11 is 5.60. The molecule has 100 valence electrons. The number of halogens is 2. The van der Waals surface area contributed by atoms with Crippen molar-refractivity contribution in [2.75, 3.05) is 10.5 Å². The van der Waals surface area contributed by atoms with E-state index in [1.807, 2.05) is 0 Å². The minimum absolute atomic E-state index is 0.0502. The first-order valence-corrected chi connectivity index (χ1v) is 6.80. The molecular weight excluding hydrogens is 295 g/mol. The number of nitrogens with zero attached hydrogens (tertiary/aromatic N) is 2. The van der Waals surface area contributed by atoms with E-state index in [4.69, 9.17) is 17.3 Å². The van der Waals surface area contributed by atoms with Crippen LogP contribution < -0.4 is 10.5 Å². The highest BCUT2D eigenvalue weighted by atomic mass is 35.5. The van der Waals surface area contributed by atoms with Crippen LogP contribution in [0.25, 0.3) is 0 Å². The van der Waals surface area contributed by atoms with Crippen LogP contribution >= 0.6 is 11.6 Å². The number of aromatic nitrogens is 2. The molecule has 0 aliphatic heterocycles. The predicted molar refractivity (Wildman–Crippen MR) is 68.7 cm³/mol. The molecule has 0 spiro atoms. The Hall–Kier alpha value is -1.93. The first kappa shape index (κ1) is 13.5. The number of hydrogen-bond donors (Lipinski definition) is 2. The summed E-state index contributed by atoms with van der Waals surface area (Å²) in [4.78, 5) is 6.62. The van der Waals surface area contributed by atoms with Gasteiger partial charge in [-0.25, -0.2) is 22.8 Å². The Morgan fingerprint density at radius 2 is 2.05 bits per heavy atom. The van der Waals surface area contributed by atoms with Crippen molar-refractivity contribution in [2.45, 2.75) is 4.90 Å². The van der Waals surface area contributed by atoms with Crippen LogP contribution in [0.4, 0.5) is 15.9 Å². The minimum Gasteiger partial charge on any atom is -0.398 e. The maximum Gasteiger partial charge on any atom is 0.268 e. The van der Waals surface area contributed by atoms with E-state index in [-0.39, 0.29) is 16.7 Å². The van der Waals surface area contributed by atoms with E-state index in [0.29, 0.717) is 0 Å². The van der Waals surface area contributed by atoms with Crippen molar-refractivity contribution in [1.82, 2.24) is 9.97 Å². The van der Waals surface area contributed by atoms with Gasteiger partial charge in [0.1, 0.15) is 28.0 Å². The van der Waals surface area contributed by atoms with E-state index in [2.05, 4.69) is 14.7 Å². The van der Waals surface area contributed by atoms with Crippen LogP contribution in [0, 0.1) is 5.82 Å². The van der Waals surface area contributed by atoms with Crippen molar-refractivity contribution in [3.8, 4) is 0 Å². The van der Waals surface area contributed by atoms with Crippen LogP contribution in [0.2, 0.25) is 5.15 Å². The molecule has 3 N–H and O–H groups in total. The van der Waals surface area contributed by atoms with Crippen LogP contribution in [0.5, 0.6) is 0 Å². The molecule has 19 heavy (non-hydrogen) atoms. The first-order valence-electron chi connectivity index (χ1n) is 4.94. The fourth-order valence-corrected chi connectivity index (χ4v) is 2.73. The van der Waals surface area contributed by atoms with Gasteiger partial charge in [-0.05, 0) is 12.1 Å². The second-order valence-electron chi connectivity index (χ2n) is 3.49. The van der Waals surface area contributed by atoms with Gasteiger partial charge in [0.25, 0.3) is 10.0 Å². The zero-order valence-electron chi connectivity index (χ0n) is 9.34. The van der Waals surface area contributed by atoms with E-state index < -0.39 is 20.7 Å². The second kappa shape index (κ2) is 4.98. The number of rotatable bonds is 3. The van der Waals surface area contributed by atoms with Gasteiger partial charge < -0.3 is 5.73 Å². The number of anilines is 2. The van der Waals surface area contributed by atoms with Gasteiger partial charge in [-0.2, -0.15) is 0 Å². The largest absolute Gasteiger partial charge is 0.398 e. The fraction of sp³-hybridized carbons (Fsp3) is 0. The Morgan fingerprint density at radius 3 is 2.68 bits per heavy atom. The predicted octanol–water partition coefficient (Wildman–Crippen LogP) is 1.65. The Kier molecular flexibility index (Phi) is 3.54. The lowest BCUT2D eigenvalue weighted by molar-refractivity contribution is 0.571. The topological polar surface area (TPSA) is 98.0 Å². The molecule has 0 bridgehead atoms. The molecule has 0 unspecified atom stereocenters. The first-order chi connectivity index (χ1) is 8.90. The average molecular weight is 303 g/mol. The molecule has 0 aliphatic rings. The quantitative estimate of drug-likeness (QED) is 0.663. The maximum atomic E-state index is 13.6. The number of nitrogen functional groups attached to an aromatic ring is 1. The molecule has 9 heteroatoms. The summed E-state index contributed by atoms with van der Waals surface area (Å²) in [7, 11) is -4.19. The van der Waals surface area contributed by atoms with Crippen molar-refractivity contribution < 1.29 is 12.8 Å². The van der Waals surface area contributed by atoms with Crippen molar-refractivity contribution >= 4 is 33.1 Å². The maximum absolute atomic E-state index is 13.6. The molecule has 0 fully saturated rings. The third kappa shape index (κ3) is 2.91. The second-order valence-corrected chi connectivity index (χ2v) is 5.50.